The van der Waals surface area contributed by atoms with Gasteiger partial charge in [0.1, 0.15) is 11.9 Å². The Kier molecular flexibility index (Phi) is 6.25. The van der Waals surface area contributed by atoms with Gasteiger partial charge in [-0.3, -0.25) is 4.79 Å². The predicted molar refractivity (Wildman–Crippen MR) is 110 cm³/mol. The fraction of sp³-hybridized carbons (Fsp3) is 0.545. The number of carbonyl (C=O) groups excluding carboxylic acids is 1. The molecule has 0 saturated carbocycles. The van der Waals surface area contributed by atoms with E-state index in [2.05, 4.69) is 20.2 Å². The highest BCUT2D eigenvalue weighted by Crippen LogP contribution is 2.23. The summed E-state index contributed by atoms with van der Waals surface area (Å²) in [6, 6.07) is 6.69. The first-order valence-corrected chi connectivity index (χ1v) is 10.6. The number of fused-ring (bicyclic) bond motifs is 1. The number of likely N-dealkylation sites (tertiary alicyclic amines) is 1. The van der Waals surface area contributed by atoms with Crippen LogP contribution in [-0.4, -0.2) is 65.4 Å². The summed E-state index contributed by atoms with van der Waals surface area (Å²) in [5.74, 6) is 0.495. The Labute approximate surface area is 171 Å². The summed E-state index contributed by atoms with van der Waals surface area (Å²) in [7, 11) is 1.90. The lowest BCUT2D eigenvalue weighted by molar-refractivity contribution is -0.133. The Balaban J connectivity index is 1.23. The van der Waals surface area contributed by atoms with E-state index in [-0.39, 0.29) is 17.8 Å². The molecular weight excluding hydrogens is 369 g/mol. The Bertz CT molecular complexity index is 830. The van der Waals surface area contributed by atoms with E-state index in [4.69, 9.17) is 0 Å². The fourth-order valence-electron chi connectivity index (χ4n) is 4.49. The summed E-state index contributed by atoms with van der Waals surface area (Å²) in [5.41, 5.74) is 2.70. The standard InChI is InChI=1S/C22H30FN5O/c1-27(22(29)21-20-19(6-10-24-21)25-15-26-20)14-16-7-11-28(12-8-16)13-9-17-4-2-3-5-18(17)23/h2-5,15-16,21,24H,6-14H2,1H3,(H,25,26)/t21-/m0/s1. The molecule has 2 N–H and O–H groups in total. The Morgan fingerprint density at radius 1 is 1.31 bits per heavy atom. The average Bonchev–Trinajstić information content (AvgIpc) is 3.22. The number of imidazole rings is 1. The smallest absolute Gasteiger partial charge is 0.245 e. The minimum atomic E-state index is -0.337. The molecule has 0 bridgehead atoms. The summed E-state index contributed by atoms with van der Waals surface area (Å²) < 4.78 is 13.8. The number of benzene rings is 1. The minimum Gasteiger partial charge on any atom is -0.348 e. The van der Waals surface area contributed by atoms with Crippen molar-refractivity contribution in [2.24, 2.45) is 5.92 Å². The molecule has 156 valence electrons. The average molecular weight is 400 g/mol. The second-order valence-electron chi connectivity index (χ2n) is 8.25. The van der Waals surface area contributed by atoms with Crippen molar-refractivity contribution < 1.29 is 9.18 Å². The SMILES string of the molecule is CN(CC1CCN(CCc2ccccc2F)CC1)C(=O)[C@H]1NCCc2[nH]cnc21. The largest absolute Gasteiger partial charge is 0.348 e. The molecule has 0 unspecified atom stereocenters. The Hall–Kier alpha value is -2.25. The number of carbonyl (C=O) groups is 1. The van der Waals surface area contributed by atoms with Gasteiger partial charge in [-0.15, -0.1) is 0 Å². The van der Waals surface area contributed by atoms with E-state index in [0.717, 1.165) is 75.4 Å². The Morgan fingerprint density at radius 2 is 2.10 bits per heavy atom. The zero-order chi connectivity index (χ0) is 20.2. The van der Waals surface area contributed by atoms with E-state index in [1.54, 1.807) is 12.4 Å². The molecule has 6 nitrogen and oxygen atoms in total. The van der Waals surface area contributed by atoms with Crippen LogP contribution < -0.4 is 5.32 Å². The zero-order valence-corrected chi connectivity index (χ0v) is 17.0. The van der Waals surface area contributed by atoms with Gasteiger partial charge in [-0.05, 0) is 49.9 Å². The van der Waals surface area contributed by atoms with Gasteiger partial charge in [0.2, 0.25) is 5.91 Å². The number of nitrogens with zero attached hydrogens (tertiary/aromatic N) is 3. The maximum Gasteiger partial charge on any atom is 0.245 e. The topological polar surface area (TPSA) is 64.3 Å². The van der Waals surface area contributed by atoms with Crippen molar-refractivity contribution in [1.29, 1.82) is 0 Å². The van der Waals surface area contributed by atoms with Gasteiger partial charge in [-0.2, -0.15) is 0 Å². The molecule has 0 radical (unpaired) electrons. The van der Waals surface area contributed by atoms with E-state index < -0.39 is 0 Å². The maximum atomic E-state index is 13.8. The lowest BCUT2D eigenvalue weighted by Gasteiger charge is -2.35. The molecule has 3 heterocycles. The molecule has 1 amide bonds. The molecular formula is C22H30FN5O. The number of hydrogen-bond acceptors (Lipinski definition) is 4. The van der Waals surface area contributed by atoms with Crippen molar-refractivity contribution in [3.8, 4) is 0 Å². The van der Waals surface area contributed by atoms with Crippen LogP contribution in [0.2, 0.25) is 0 Å². The normalized spacial score (nSPS) is 20.4. The van der Waals surface area contributed by atoms with E-state index in [1.807, 2.05) is 24.1 Å². The van der Waals surface area contributed by atoms with E-state index in [9.17, 15) is 9.18 Å². The van der Waals surface area contributed by atoms with Gasteiger partial charge in [0.15, 0.2) is 0 Å². The zero-order valence-electron chi connectivity index (χ0n) is 17.0. The third-order valence-electron chi connectivity index (χ3n) is 6.27. The Morgan fingerprint density at radius 3 is 2.90 bits per heavy atom. The summed E-state index contributed by atoms with van der Waals surface area (Å²) >= 11 is 0. The van der Waals surface area contributed by atoms with Gasteiger partial charge in [0.25, 0.3) is 0 Å². The number of likely N-dealkylation sites (N-methyl/N-ethyl adjacent to an activating group) is 1. The lowest BCUT2D eigenvalue weighted by atomic mass is 9.95. The maximum absolute atomic E-state index is 13.8. The van der Waals surface area contributed by atoms with Crippen molar-refractivity contribution in [3.05, 3.63) is 53.4 Å². The van der Waals surface area contributed by atoms with Gasteiger partial charge in [-0.1, -0.05) is 18.2 Å². The number of hydrogen-bond donors (Lipinski definition) is 2. The summed E-state index contributed by atoms with van der Waals surface area (Å²) in [6.07, 6.45) is 5.44. The molecule has 0 spiro atoms. The first kappa shape index (κ1) is 20.0. The van der Waals surface area contributed by atoms with Crippen molar-refractivity contribution in [3.63, 3.8) is 0 Å². The summed E-state index contributed by atoms with van der Waals surface area (Å²) in [6.45, 7) is 4.47. The highest BCUT2D eigenvalue weighted by atomic mass is 19.1. The van der Waals surface area contributed by atoms with Crippen molar-refractivity contribution in [2.75, 3.05) is 39.8 Å². The molecule has 7 heteroatoms. The van der Waals surface area contributed by atoms with Crippen molar-refractivity contribution in [2.45, 2.75) is 31.7 Å². The number of amides is 1. The number of piperidine rings is 1. The van der Waals surface area contributed by atoms with Gasteiger partial charge >= 0.3 is 0 Å². The molecule has 0 aliphatic carbocycles. The lowest BCUT2D eigenvalue weighted by Crippen LogP contribution is -2.45. The van der Waals surface area contributed by atoms with Crippen LogP contribution in [-0.2, 0) is 17.6 Å². The van der Waals surface area contributed by atoms with Gasteiger partial charge < -0.3 is 20.1 Å². The van der Waals surface area contributed by atoms with Crippen LogP contribution in [0.3, 0.4) is 0 Å². The highest BCUT2D eigenvalue weighted by molar-refractivity contribution is 5.83. The molecule has 2 aliphatic heterocycles. The number of H-pyrrole nitrogens is 1. The quantitative estimate of drug-likeness (QED) is 0.781. The number of halogens is 1. The van der Waals surface area contributed by atoms with Crippen molar-refractivity contribution >= 4 is 5.91 Å². The van der Waals surface area contributed by atoms with Crippen molar-refractivity contribution in [1.82, 2.24) is 25.1 Å². The highest BCUT2D eigenvalue weighted by Gasteiger charge is 2.31. The number of aromatic nitrogens is 2. The molecule has 1 aromatic heterocycles. The molecule has 2 aromatic rings. The van der Waals surface area contributed by atoms with Crippen LogP contribution >= 0.6 is 0 Å². The molecule has 4 rings (SSSR count). The summed E-state index contributed by atoms with van der Waals surface area (Å²) in [5, 5.41) is 3.31. The molecule has 29 heavy (non-hydrogen) atoms. The number of nitrogens with one attached hydrogen (secondary N) is 2. The first-order valence-electron chi connectivity index (χ1n) is 10.6. The van der Waals surface area contributed by atoms with Crippen LogP contribution in [0.25, 0.3) is 0 Å². The molecule has 1 aromatic carbocycles. The summed E-state index contributed by atoms with van der Waals surface area (Å²) in [4.78, 5) is 24.7. The van der Waals surface area contributed by atoms with Gasteiger partial charge in [0.05, 0.1) is 12.0 Å². The molecule has 1 saturated heterocycles. The molecule has 1 fully saturated rings. The number of rotatable bonds is 6. The molecule has 2 aliphatic rings. The van der Waals surface area contributed by atoms with E-state index >= 15 is 0 Å². The minimum absolute atomic E-state index is 0.0973. The van der Waals surface area contributed by atoms with Crippen LogP contribution in [0.4, 0.5) is 4.39 Å². The first-order chi connectivity index (χ1) is 14.1. The third-order valence-corrected chi connectivity index (χ3v) is 6.27. The van der Waals surface area contributed by atoms with Gasteiger partial charge in [0, 0.05) is 38.8 Å². The molecule has 1 atom stereocenters. The van der Waals surface area contributed by atoms with Crippen LogP contribution in [0.15, 0.2) is 30.6 Å². The van der Waals surface area contributed by atoms with Crippen LogP contribution in [0.5, 0.6) is 0 Å². The van der Waals surface area contributed by atoms with Crippen LogP contribution in [0, 0.1) is 11.7 Å². The number of aromatic amines is 1. The van der Waals surface area contributed by atoms with Crippen LogP contribution in [0.1, 0.15) is 35.8 Å². The fourth-order valence-corrected chi connectivity index (χ4v) is 4.49. The second kappa shape index (κ2) is 9.05. The van der Waals surface area contributed by atoms with E-state index in [0.29, 0.717) is 5.92 Å². The second-order valence-corrected chi connectivity index (χ2v) is 8.25. The third kappa shape index (κ3) is 4.67. The van der Waals surface area contributed by atoms with Gasteiger partial charge in [-0.25, -0.2) is 9.37 Å². The van der Waals surface area contributed by atoms with E-state index in [1.165, 1.54) is 6.07 Å². The predicted octanol–water partition coefficient (Wildman–Crippen LogP) is 2.15. The monoisotopic (exact) mass is 399 g/mol.